The smallest absolute Gasteiger partial charge is 0.318 e. The summed E-state index contributed by atoms with van der Waals surface area (Å²) in [6.07, 6.45) is 3.07. The third-order valence-electron chi connectivity index (χ3n) is 4.73. The first-order valence-corrected chi connectivity index (χ1v) is 8.25. The van der Waals surface area contributed by atoms with Crippen LogP contribution in [0, 0.1) is 17.6 Å². The van der Waals surface area contributed by atoms with Crippen LogP contribution in [0.4, 0.5) is 13.6 Å². The van der Waals surface area contributed by atoms with E-state index in [4.69, 9.17) is 0 Å². The number of amides is 3. The molecular formula is C17H21F2N3O2. The maximum atomic E-state index is 14.1. The zero-order valence-electron chi connectivity index (χ0n) is 13.5. The predicted octanol–water partition coefficient (Wildman–Crippen LogP) is 2.34. The van der Waals surface area contributed by atoms with Crippen molar-refractivity contribution < 1.29 is 18.4 Å². The number of rotatable bonds is 4. The van der Waals surface area contributed by atoms with E-state index < -0.39 is 29.7 Å². The Labute approximate surface area is 139 Å². The second-order valence-electron chi connectivity index (χ2n) is 6.40. The minimum Gasteiger partial charge on any atom is -0.357 e. The highest BCUT2D eigenvalue weighted by molar-refractivity contribution is 5.87. The lowest BCUT2D eigenvalue weighted by Gasteiger charge is -2.27. The van der Waals surface area contributed by atoms with E-state index in [2.05, 4.69) is 10.6 Å². The Morgan fingerprint density at radius 1 is 1.25 bits per heavy atom. The summed E-state index contributed by atoms with van der Waals surface area (Å²) in [5.74, 6) is -1.16. The molecule has 24 heavy (non-hydrogen) atoms. The molecule has 0 aromatic heterocycles. The van der Waals surface area contributed by atoms with Gasteiger partial charge in [0.1, 0.15) is 17.7 Å². The van der Waals surface area contributed by atoms with Crippen LogP contribution in [0.25, 0.3) is 0 Å². The van der Waals surface area contributed by atoms with Gasteiger partial charge in [-0.1, -0.05) is 0 Å². The van der Waals surface area contributed by atoms with Gasteiger partial charge >= 0.3 is 6.03 Å². The summed E-state index contributed by atoms with van der Waals surface area (Å²) in [7, 11) is 1.53. The Hall–Kier alpha value is -2.18. The predicted molar refractivity (Wildman–Crippen MR) is 84.1 cm³/mol. The van der Waals surface area contributed by atoms with Crippen molar-refractivity contribution in [1.29, 1.82) is 0 Å². The molecule has 5 nitrogen and oxygen atoms in total. The molecule has 0 spiro atoms. The fourth-order valence-electron chi connectivity index (χ4n) is 3.30. The lowest BCUT2D eigenvalue weighted by atomic mass is 10.0. The van der Waals surface area contributed by atoms with E-state index in [0.29, 0.717) is 13.0 Å². The van der Waals surface area contributed by atoms with Gasteiger partial charge in [0, 0.05) is 19.2 Å². The molecule has 1 saturated carbocycles. The molecule has 0 bridgehead atoms. The lowest BCUT2D eigenvalue weighted by Crippen LogP contribution is -2.49. The molecule has 2 fully saturated rings. The molecule has 3 amide bonds. The van der Waals surface area contributed by atoms with Crippen LogP contribution in [0.2, 0.25) is 0 Å². The third-order valence-corrected chi connectivity index (χ3v) is 4.73. The van der Waals surface area contributed by atoms with Crippen LogP contribution in [0.1, 0.15) is 37.3 Å². The Balaban J connectivity index is 1.77. The minimum atomic E-state index is -0.570. The van der Waals surface area contributed by atoms with Crippen LogP contribution in [-0.2, 0) is 4.79 Å². The molecule has 1 saturated heterocycles. The van der Waals surface area contributed by atoms with Crippen LogP contribution in [-0.4, -0.2) is 36.5 Å². The van der Waals surface area contributed by atoms with Crippen molar-refractivity contribution in [2.45, 2.75) is 37.8 Å². The van der Waals surface area contributed by atoms with Crippen molar-refractivity contribution in [3.8, 4) is 0 Å². The zero-order chi connectivity index (χ0) is 17.3. The van der Waals surface area contributed by atoms with Gasteiger partial charge in [-0.05, 0) is 49.8 Å². The first-order valence-electron chi connectivity index (χ1n) is 8.25. The van der Waals surface area contributed by atoms with Gasteiger partial charge in [0.15, 0.2) is 0 Å². The fourth-order valence-corrected chi connectivity index (χ4v) is 3.30. The molecule has 1 heterocycles. The average molecular weight is 337 g/mol. The molecule has 2 atom stereocenters. The first-order chi connectivity index (χ1) is 11.5. The molecule has 1 aliphatic heterocycles. The largest absolute Gasteiger partial charge is 0.357 e. The number of nitrogens with one attached hydrogen (secondary N) is 2. The highest BCUT2D eigenvalue weighted by Crippen LogP contribution is 2.42. The average Bonchev–Trinajstić information content (AvgIpc) is 3.29. The quantitative estimate of drug-likeness (QED) is 0.886. The van der Waals surface area contributed by atoms with Crippen molar-refractivity contribution >= 4 is 11.9 Å². The van der Waals surface area contributed by atoms with Crippen LogP contribution in [0.15, 0.2) is 18.2 Å². The number of benzene rings is 1. The number of carbonyl (C=O) groups is 2. The van der Waals surface area contributed by atoms with Gasteiger partial charge in [-0.15, -0.1) is 0 Å². The van der Waals surface area contributed by atoms with E-state index in [1.54, 1.807) is 0 Å². The molecule has 0 unspecified atom stereocenters. The van der Waals surface area contributed by atoms with Crippen molar-refractivity contribution in [2.24, 2.45) is 5.92 Å². The minimum absolute atomic E-state index is 0.103. The molecule has 0 radical (unpaired) electrons. The van der Waals surface area contributed by atoms with Gasteiger partial charge in [-0.3, -0.25) is 4.79 Å². The third kappa shape index (κ3) is 3.34. The number of nitrogens with zero attached hydrogens (tertiary/aromatic N) is 1. The number of urea groups is 1. The standard InChI is InChI=1S/C17H21F2N3O2/c1-20-16(23)14-3-2-8-22(14)17(24)21-15(10-4-5-10)12-9-11(18)6-7-13(12)19/h6-7,9-10,14-15H,2-5,8H2,1H3,(H,20,23)(H,21,24)/t14-,15+/m0/s1. The SMILES string of the molecule is CNC(=O)[C@@H]1CCCN1C(=O)N[C@@H](c1cc(F)ccc1F)C1CC1. The van der Waals surface area contributed by atoms with Crippen LogP contribution in [0.5, 0.6) is 0 Å². The van der Waals surface area contributed by atoms with E-state index >= 15 is 0 Å². The van der Waals surface area contributed by atoms with Gasteiger partial charge in [-0.25, -0.2) is 13.6 Å². The molecule has 130 valence electrons. The van der Waals surface area contributed by atoms with Crippen molar-refractivity contribution in [3.05, 3.63) is 35.4 Å². The summed E-state index contributed by atoms with van der Waals surface area (Å²) in [4.78, 5) is 26.0. The summed E-state index contributed by atoms with van der Waals surface area (Å²) < 4.78 is 27.6. The number of hydrogen-bond donors (Lipinski definition) is 2. The van der Waals surface area contributed by atoms with Crippen LogP contribution in [0.3, 0.4) is 0 Å². The van der Waals surface area contributed by atoms with Crippen molar-refractivity contribution in [2.75, 3.05) is 13.6 Å². The summed E-state index contributed by atoms with van der Waals surface area (Å²) in [6, 6.07) is 1.80. The Bertz CT molecular complexity index is 649. The first kappa shape index (κ1) is 16.7. The number of likely N-dealkylation sites (tertiary alicyclic amines) is 1. The maximum Gasteiger partial charge on any atom is 0.318 e. The van der Waals surface area contributed by atoms with E-state index in [0.717, 1.165) is 37.5 Å². The summed E-state index contributed by atoms with van der Waals surface area (Å²) in [5, 5.41) is 5.37. The summed E-state index contributed by atoms with van der Waals surface area (Å²) >= 11 is 0. The van der Waals surface area contributed by atoms with Crippen LogP contribution < -0.4 is 10.6 Å². The maximum absolute atomic E-state index is 14.1. The molecule has 2 N–H and O–H groups in total. The molecule has 3 rings (SSSR count). The second-order valence-corrected chi connectivity index (χ2v) is 6.40. The number of likely N-dealkylation sites (N-methyl/N-ethyl adjacent to an activating group) is 1. The van der Waals surface area contributed by atoms with Gasteiger partial charge < -0.3 is 15.5 Å². The topological polar surface area (TPSA) is 61.4 Å². The molecule has 1 aromatic rings. The van der Waals surface area contributed by atoms with Gasteiger partial charge in [0.2, 0.25) is 5.91 Å². The highest BCUT2D eigenvalue weighted by Gasteiger charge is 2.39. The van der Waals surface area contributed by atoms with E-state index in [1.807, 2.05) is 0 Å². The molecule has 7 heteroatoms. The van der Waals surface area contributed by atoms with Crippen molar-refractivity contribution in [3.63, 3.8) is 0 Å². The number of hydrogen-bond acceptors (Lipinski definition) is 2. The summed E-state index contributed by atoms with van der Waals surface area (Å²) in [6.45, 7) is 0.479. The van der Waals surface area contributed by atoms with Crippen molar-refractivity contribution in [1.82, 2.24) is 15.5 Å². The number of halogens is 2. The van der Waals surface area contributed by atoms with Gasteiger partial charge in [-0.2, -0.15) is 0 Å². The monoisotopic (exact) mass is 337 g/mol. The number of carbonyl (C=O) groups excluding carboxylic acids is 2. The fraction of sp³-hybridized carbons (Fsp3) is 0.529. The molecular weight excluding hydrogens is 316 g/mol. The van der Waals surface area contributed by atoms with Crippen LogP contribution >= 0.6 is 0 Å². The second kappa shape index (κ2) is 6.75. The molecule has 2 aliphatic rings. The summed E-state index contributed by atoms with van der Waals surface area (Å²) in [5.41, 5.74) is 0.168. The zero-order valence-corrected chi connectivity index (χ0v) is 13.5. The van der Waals surface area contributed by atoms with Gasteiger partial charge in [0.25, 0.3) is 0 Å². The Kier molecular flexibility index (Phi) is 4.69. The van der Waals surface area contributed by atoms with Gasteiger partial charge in [0.05, 0.1) is 6.04 Å². The normalized spacial score (nSPS) is 21.5. The van der Waals surface area contributed by atoms with E-state index in [-0.39, 0.29) is 17.4 Å². The highest BCUT2D eigenvalue weighted by atomic mass is 19.1. The van der Waals surface area contributed by atoms with E-state index in [9.17, 15) is 18.4 Å². The molecule has 1 aromatic carbocycles. The Morgan fingerprint density at radius 2 is 2.00 bits per heavy atom. The van der Waals surface area contributed by atoms with E-state index in [1.165, 1.54) is 11.9 Å². The lowest BCUT2D eigenvalue weighted by molar-refractivity contribution is -0.124. The Morgan fingerprint density at radius 3 is 2.67 bits per heavy atom. The molecule has 1 aliphatic carbocycles.